The zero-order chi connectivity index (χ0) is 12.0. The predicted molar refractivity (Wildman–Crippen MR) is 64.5 cm³/mol. The number of carbonyl (C=O) groups excluding carboxylic acids is 1. The topological polar surface area (TPSA) is 64.1 Å². The van der Waals surface area contributed by atoms with Crippen molar-refractivity contribution in [3.63, 3.8) is 0 Å². The van der Waals surface area contributed by atoms with Crippen LogP contribution < -0.4 is 5.32 Å². The molecule has 0 aliphatic carbocycles. The van der Waals surface area contributed by atoms with Crippen LogP contribution in [0.15, 0.2) is 10.8 Å². The second-order valence-electron chi connectivity index (χ2n) is 3.17. The summed E-state index contributed by atoms with van der Waals surface area (Å²) in [7, 11) is 1.31. The second-order valence-corrected chi connectivity index (χ2v) is 3.92. The molecule has 0 unspecified atom stereocenters. The number of nitrogens with one attached hydrogen (secondary N) is 1. The van der Waals surface area contributed by atoms with Gasteiger partial charge in [0, 0.05) is 6.54 Å². The lowest BCUT2D eigenvalue weighted by molar-refractivity contribution is 0.0593. The molecule has 0 bridgehead atoms. The zero-order valence-electron chi connectivity index (χ0n) is 9.29. The van der Waals surface area contributed by atoms with Gasteiger partial charge in [-0.2, -0.15) is 0 Å². The normalized spacial score (nSPS) is 9.94. The van der Waals surface area contributed by atoms with E-state index in [-0.39, 0.29) is 5.69 Å². The highest BCUT2D eigenvalue weighted by molar-refractivity contribution is 9.10. The Morgan fingerprint density at radius 3 is 2.94 bits per heavy atom. The highest BCUT2D eigenvalue weighted by Gasteiger charge is 2.10. The third-order valence-corrected chi connectivity index (χ3v) is 2.50. The van der Waals surface area contributed by atoms with Crippen molar-refractivity contribution in [2.45, 2.75) is 19.8 Å². The predicted octanol–water partition coefficient (Wildman–Crippen LogP) is 2.24. The summed E-state index contributed by atoms with van der Waals surface area (Å²) in [4.78, 5) is 19.3. The molecule has 0 amide bonds. The van der Waals surface area contributed by atoms with Gasteiger partial charge in [-0.05, 0) is 22.4 Å². The van der Waals surface area contributed by atoms with Crippen LogP contribution in [0.25, 0.3) is 0 Å². The molecule has 1 N–H and O–H groups in total. The number of aromatic nitrogens is 2. The Balaban J connectivity index is 2.71. The molecule has 1 rings (SSSR count). The van der Waals surface area contributed by atoms with Crippen LogP contribution in [0.1, 0.15) is 30.3 Å². The number of anilines is 1. The molecule has 0 aliphatic heterocycles. The summed E-state index contributed by atoms with van der Waals surface area (Å²) in [6.45, 7) is 2.95. The third-order valence-electron chi connectivity index (χ3n) is 1.95. The summed E-state index contributed by atoms with van der Waals surface area (Å²) >= 11 is 3.25. The first kappa shape index (κ1) is 12.9. The molecule has 1 heterocycles. The van der Waals surface area contributed by atoms with Crippen molar-refractivity contribution in [3.05, 3.63) is 16.5 Å². The number of unbranched alkanes of at least 4 members (excludes halogenated alkanes) is 1. The standard InChI is InChI=1S/C10H14BrN3O2/c1-3-4-5-12-9-8(11)14-7(6-13-9)10(15)16-2/h6H,3-5H2,1-2H3,(H,12,13). The number of esters is 1. The molecular formula is C10H14BrN3O2. The molecule has 0 aliphatic rings. The van der Waals surface area contributed by atoms with Crippen LogP contribution in [-0.2, 0) is 4.74 Å². The SMILES string of the molecule is CCCCNc1ncc(C(=O)OC)nc1Br. The fraction of sp³-hybridized carbons (Fsp3) is 0.500. The van der Waals surface area contributed by atoms with E-state index in [9.17, 15) is 4.79 Å². The Labute approximate surface area is 103 Å². The minimum Gasteiger partial charge on any atom is -0.464 e. The van der Waals surface area contributed by atoms with E-state index in [2.05, 4.69) is 42.9 Å². The first-order chi connectivity index (χ1) is 7.69. The van der Waals surface area contributed by atoms with Gasteiger partial charge in [0.2, 0.25) is 0 Å². The van der Waals surface area contributed by atoms with Gasteiger partial charge in [0.15, 0.2) is 11.5 Å². The molecule has 0 aromatic carbocycles. The van der Waals surface area contributed by atoms with Gasteiger partial charge in [0.1, 0.15) is 4.60 Å². The quantitative estimate of drug-likeness (QED) is 0.665. The smallest absolute Gasteiger partial charge is 0.358 e. The summed E-state index contributed by atoms with van der Waals surface area (Å²) in [5.41, 5.74) is 0.190. The average molecular weight is 288 g/mol. The summed E-state index contributed by atoms with van der Waals surface area (Å²) in [6.07, 6.45) is 3.57. The fourth-order valence-electron chi connectivity index (χ4n) is 1.07. The maximum Gasteiger partial charge on any atom is 0.358 e. The molecule has 16 heavy (non-hydrogen) atoms. The Morgan fingerprint density at radius 2 is 2.38 bits per heavy atom. The average Bonchev–Trinajstić information content (AvgIpc) is 2.30. The molecule has 0 saturated carbocycles. The molecular weight excluding hydrogens is 274 g/mol. The molecule has 0 spiro atoms. The maximum atomic E-state index is 11.2. The highest BCUT2D eigenvalue weighted by atomic mass is 79.9. The molecule has 88 valence electrons. The lowest BCUT2D eigenvalue weighted by atomic mass is 10.3. The molecule has 0 saturated heterocycles. The number of hydrogen-bond acceptors (Lipinski definition) is 5. The van der Waals surface area contributed by atoms with Crippen molar-refractivity contribution in [1.82, 2.24) is 9.97 Å². The van der Waals surface area contributed by atoms with Crippen molar-refractivity contribution in [2.24, 2.45) is 0 Å². The van der Waals surface area contributed by atoms with E-state index in [1.807, 2.05) is 0 Å². The summed E-state index contributed by atoms with van der Waals surface area (Å²) in [6, 6.07) is 0. The summed E-state index contributed by atoms with van der Waals surface area (Å²) in [5, 5.41) is 3.13. The van der Waals surface area contributed by atoms with Crippen molar-refractivity contribution in [1.29, 1.82) is 0 Å². The van der Waals surface area contributed by atoms with E-state index in [4.69, 9.17) is 0 Å². The van der Waals surface area contributed by atoms with Crippen LogP contribution in [0.2, 0.25) is 0 Å². The van der Waals surface area contributed by atoms with Crippen LogP contribution in [0.4, 0.5) is 5.82 Å². The summed E-state index contributed by atoms with van der Waals surface area (Å²) in [5.74, 6) is 0.148. The van der Waals surface area contributed by atoms with Gasteiger partial charge in [-0.25, -0.2) is 14.8 Å². The fourth-order valence-corrected chi connectivity index (χ4v) is 1.51. The van der Waals surface area contributed by atoms with Crippen LogP contribution in [0.5, 0.6) is 0 Å². The molecule has 0 atom stereocenters. The van der Waals surface area contributed by atoms with E-state index >= 15 is 0 Å². The van der Waals surface area contributed by atoms with Crippen LogP contribution >= 0.6 is 15.9 Å². The number of carbonyl (C=O) groups is 1. The van der Waals surface area contributed by atoms with Crippen LogP contribution in [0.3, 0.4) is 0 Å². The Hall–Kier alpha value is -1.17. The minimum atomic E-state index is -0.492. The Morgan fingerprint density at radius 1 is 1.62 bits per heavy atom. The largest absolute Gasteiger partial charge is 0.464 e. The van der Waals surface area contributed by atoms with Gasteiger partial charge < -0.3 is 10.1 Å². The van der Waals surface area contributed by atoms with Crippen LogP contribution in [-0.4, -0.2) is 29.6 Å². The van der Waals surface area contributed by atoms with Crippen molar-refractivity contribution in [2.75, 3.05) is 19.0 Å². The van der Waals surface area contributed by atoms with E-state index in [1.165, 1.54) is 13.3 Å². The number of hydrogen-bond donors (Lipinski definition) is 1. The third kappa shape index (κ3) is 3.44. The first-order valence-electron chi connectivity index (χ1n) is 5.03. The van der Waals surface area contributed by atoms with E-state index in [0.29, 0.717) is 10.4 Å². The van der Waals surface area contributed by atoms with Gasteiger partial charge in [0.25, 0.3) is 0 Å². The van der Waals surface area contributed by atoms with Crippen LogP contribution in [0, 0.1) is 0 Å². The Kier molecular flexibility index (Phi) is 5.18. The van der Waals surface area contributed by atoms with Crippen molar-refractivity contribution < 1.29 is 9.53 Å². The zero-order valence-corrected chi connectivity index (χ0v) is 10.9. The lowest BCUT2D eigenvalue weighted by Crippen LogP contribution is -2.09. The number of halogens is 1. The molecule has 1 aromatic rings. The second kappa shape index (κ2) is 6.42. The number of rotatable bonds is 5. The van der Waals surface area contributed by atoms with Gasteiger partial charge in [0.05, 0.1) is 13.3 Å². The Bertz CT molecular complexity index is 371. The van der Waals surface area contributed by atoms with Gasteiger partial charge in [-0.1, -0.05) is 13.3 Å². The van der Waals surface area contributed by atoms with E-state index in [0.717, 1.165) is 19.4 Å². The van der Waals surface area contributed by atoms with E-state index < -0.39 is 5.97 Å². The van der Waals surface area contributed by atoms with Gasteiger partial charge >= 0.3 is 5.97 Å². The van der Waals surface area contributed by atoms with Crippen molar-refractivity contribution in [3.8, 4) is 0 Å². The lowest BCUT2D eigenvalue weighted by Gasteiger charge is -2.06. The number of methoxy groups -OCH3 is 1. The van der Waals surface area contributed by atoms with Gasteiger partial charge in [-0.15, -0.1) is 0 Å². The molecule has 0 fully saturated rings. The molecule has 6 heteroatoms. The van der Waals surface area contributed by atoms with E-state index in [1.54, 1.807) is 0 Å². The number of ether oxygens (including phenoxy) is 1. The van der Waals surface area contributed by atoms with Crippen molar-refractivity contribution >= 4 is 27.7 Å². The highest BCUT2D eigenvalue weighted by Crippen LogP contribution is 2.17. The number of nitrogens with zero attached hydrogens (tertiary/aromatic N) is 2. The summed E-state index contributed by atoms with van der Waals surface area (Å²) < 4.78 is 5.07. The van der Waals surface area contributed by atoms with Gasteiger partial charge in [-0.3, -0.25) is 0 Å². The molecule has 1 aromatic heterocycles. The minimum absolute atomic E-state index is 0.190. The maximum absolute atomic E-state index is 11.2. The monoisotopic (exact) mass is 287 g/mol. The molecule has 5 nitrogen and oxygen atoms in total. The first-order valence-corrected chi connectivity index (χ1v) is 5.83. The molecule has 0 radical (unpaired) electrons.